The number of morpholine rings is 1. The second kappa shape index (κ2) is 9.40. The lowest BCUT2D eigenvalue weighted by atomic mass is 10.1. The molecule has 1 heterocycles. The molecule has 2 aromatic rings. The van der Waals surface area contributed by atoms with Crippen LogP contribution in [0.2, 0.25) is 0 Å². The second-order valence-corrected chi connectivity index (χ2v) is 8.00. The highest BCUT2D eigenvalue weighted by Crippen LogP contribution is 2.16. The molecule has 4 nitrogen and oxygen atoms in total. The van der Waals surface area contributed by atoms with E-state index in [0.717, 1.165) is 18.7 Å². The molecule has 1 N–H and O–H groups in total. The Bertz CT molecular complexity index is 736. The number of carbonyl (C=O) groups is 1. The van der Waals surface area contributed by atoms with Crippen molar-refractivity contribution in [3.05, 3.63) is 65.2 Å². The third-order valence-corrected chi connectivity index (χ3v) is 5.47. The van der Waals surface area contributed by atoms with Crippen LogP contribution < -0.4 is 5.32 Å². The molecule has 3 rings (SSSR count). The first kappa shape index (κ1) is 19.9. The molecule has 1 aliphatic heterocycles. The Balaban J connectivity index is 1.51. The lowest BCUT2D eigenvalue weighted by molar-refractivity contribution is -0.0586. The number of ether oxygens (including phenoxy) is 1. The summed E-state index contributed by atoms with van der Waals surface area (Å²) in [7, 11) is 0. The molecule has 0 radical (unpaired) electrons. The fourth-order valence-corrected chi connectivity index (χ4v) is 3.79. The Hall–Kier alpha value is -1.82. The van der Waals surface area contributed by atoms with E-state index >= 15 is 0 Å². The Labute approximate surface area is 166 Å². The van der Waals surface area contributed by atoms with Crippen molar-refractivity contribution >= 4 is 17.7 Å². The molecule has 5 heteroatoms. The number of benzene rings is 2. The van der Waals surface area contributed by atoms with E-state index in [2.05, 4.69) is 35.8 Å². The Morgan fingerprint density at radius 3 is 2.04 bits per heavy atom. The van der Waals surface area contributed by atoms with Gasteiger partial charge in [0, 0.05) is 36.6 Å². The van der Waals surface area contributed by atoms with Crippen molar-refractivity contribution < 1.29 is 9.53 Å². The molecule has 0 bridgehead atoms. The van der Waals surface area contributed by atoms with Gasteiger partial charge in [0.05, 0.1) is 12.2 Å². The highest BCUT2D eigenvalue weighted by molar-refractivity contribution is 7.98. The largest absolute Gasteiger partial charge is 0.372 e. The maximum Gasteiger partial charge on any atom is 0.254 e. The van der Waals surface area contributed by atoms with E-state index in [1.165, 1.54) is 16.0 Å². The number of thioether (sulfide) groups is 1. The van der Waals surface area contributed by atoms with Gasteiger partial charge in [-0.2, -0.15) is 0 Å². The summed E-state index contributed by atoms with van der Waals surface area (Å²) in [6, 6.07) is 16.5. The van der Waals surface area contributed by atoms with Crippen molar-refractivity contribution in [2.75, 3.05) is 19.3 Å². The van der Waals surface area contributed by atoms with E-state index in [1.54, 1.807) is 11.8 Å². The Kier molecular flexibility index (Phi) is 6.94. The monoisotopic (exact) mass is 384 g/mol. The van der Waals surface area contributed by atoms with Crippen LogP contribution in [0, 0.1) is 0 Å². The average molecular weight is 385 g/mol. The number of carbonyl (C=O) groups excluding carboxylic acids is 1. The Morgan fingerprint density at radius 2 is 1.52 bits per heavy atom. The fraction of sp³-hybridized carbons (Fsp3) is 0.409. The molecule has 0 spiro atoms. The number of rotatable bonds is 6. The van der Waals surface area contributed by atoms with Crippen molar-refractivity contribution in [2.45, 2.75) is 44.0 Å². The van der Waals surface area contributed by atoms with E-state index in [4.69, 9.17) is 4.74 Å². The van der Waals surface area contributed by atoms with Gasteiger partial charge in [-0.05, 0) is 55.5 Å². The SMILES string of the molecule is CSc1ccc(CNCc2ccc(C(=O)N3CC(C)OC(C)C3)cc2)cc1. The van der Waals surface area contributed by atoms with Crippen LogP contribution in [-0.4, -0.2) is 42.4 Å². The molecule has 0 saturated carbocycles. The summed E-state index contributed by atoms with van der Waals surface area (Å²) in [5, 5.41) is 3.46. The van der Waals surface area contributed by atoms with Gasteiger partial charge >= 0.3 is 0 Å². The first-order valence-corrected chi connectivity index (χ1v) is 10.6. The lowest BCUT2D eigenvalue weighted by Crippen LogP contribution is -2.48. The van der Waals surface area contributed by atoms with Gasteiger partial charge in [-0.3, -0.25) is 4.79 Å². The van der Waals surface area contributed by atoms with Crippen molar-refractivity contribution in [1.82, 2.24) is 10.2 Å². The third-order valence-electron chi connectivity index (χ3n) is 4.73. The molecule has 27 heavy (non-hydrogen) atoms. The number of hydrogen-bond donors (Lipinski definition) is 1. The van der Waals surface area contributed by atoms with Crippen LogP contribution >= 0.6 is 11.8 Å². The van der Waals surface area contributed by atoms with Crippen LogP contribution in [0.3, 0.4) is 0 Å². The molecule has 1 fully saturated rings. The standard InChI is InChI=1S/C22H28N2O2S/c1-16-14-24(15-17(2)26-16)22(25)20-8-4-18(5-9-20)12-23-13-19-6-10-21(27-3)11-7-19/h4-11,16-17,23H,12-15H2,1-3H3. The van der Waals surface area contributed by atoms with Crippen LogP contribution in [0.1, 0.15) is 35.3 Å². The maximum absolute atomic E-state index is 12.7. The molecule has 144 valence electrons. The maximum atomic E-state index is 12.7. The summed E-state index contributed by atoms with van der Waals surface area (Å²) in [4.78, 5) is 15.9. The number of nitrogens with zero attached hydrogens (tertiary/aromatic N) is 1. The van der Waals surface area contributed by atoms with E-state index in [1.807, 2.05) is 43.0 Å². The zero-order valence-electron chi connectivity index (χ0n) is 16.3. The molecule has 0 aromatic heterocycles. The van der Waals surface area contributed by atoms with Gasteiger partial charge < -0.3 is 15.0 Å². The molecule has 1 aliphatic rings. The molecule has 2 unspecified atom stereocenters. The molecular weight excluding hydrogens is 356 g/mol. The smallest absolute Gasteiger partial charge is 0.254 e. The lowest BCUT2D eigenvalue weighted by Gasteiger charge is -2.35. The number of hydrogen-bond acceptors (Lipinski definition) is 4. The fourth-order valence-electron chi connectivity index (χ4n) is 3.39. The Morgan fingerprint density at radius 1 is 1.00 bits per heavy atom. The van der Waals surface area contributed by atoms with Crippen molar-refractivity contribution in [3.8, 4) is 0 Å². The highest BCUT2D eigenvalue weighted by atomic mass is 32.2. The van der Waals surface area contributed by atoms with E-state index in [9.17, 15) is 4.79 Å². The summed E-state index contributed by atoms with van der Waals surface area (Å²) in [6.45, 7) is 6.95. The molecule has 2 aromatic carbocycles. The minimum Gasteiger partial charge on any atom is -0.372 e. The van der Waals surface area contributed by atoms with Crippen LogP contribution in [0.25, 0.3) is 0 Å². The average Bonchev–Trinajstić information content (AvgIpc) is 2.68. The summed E-state index contributed by atoms with van der Waals surface area (Å²) < 4.78 is 5.71. The predicted molar refractivity (Wildman–Crippen MR) is 111 cm³/mol. The van der Waals surface area contributed by atoms with Gasteiger partial charge in [-0.25, -0.2) is 0 Å². The molecular formula is C22H28N2O2S. The normalized spacial score (nSPS) is 19.9. The minimum atomic E-state index is 0.0883. The quantitative estimate of drug-likeness (QED) is 0.766. The molecule has 2 atom stereocenters. The summed E-state index contributed by atoms with van der Waals surface area (Å²) in [5.74, 6) is 0.0883. The van der Waals surface area contributed by atoms with Crippen LogP contribution in [0.4, 0.5) is 0 Å². The van der Waals surface area contributed by atoms with Crippen molar-refractivity contribution in [1.29, 1.82) is 0 Å². The first-order chi connectivity index (χ1) is 13.0. The predicted octanol–water partition coefficient (Wildman–Crippen LogP) is 3.95. The number of amides is 1. The molecule has 0 aliphatic carbocycles. The van der Waals surface area contributed by atoms with Gasteiger partial charge in [0.25, 0.3) is 5.91 Å². The van der Waals surface area contributed by atoms with Gasteiger partial charge in [-0.15, -0.1) is 11.8 Å². The van der Waals surface area contributed by atoms with Crippen LogP contribution in [0.15, 0.2) is 53.4 Å². The topological polar surface area (TPSA) is 41.6 Å². The van der Waals surface area contributed by atoms with Crippen LogP contribution in [0.5, 0.6) is 0 Å². The zero-order chi connectivity index (χ0) is 19.2. The van der Waals surface area contributed by atoms with Gasteiger partial charge in [-0.1, -0.05) is 24.3 Å². The zero-order valence-corrected chi connectivity index (χ0v) is 17.1. The van der Waals surface area contributed by atoms with Crippen LogP contribution in [-0.2, 0) is 17.8 Å². The first-order valence-electron chi connectivity index (χ1n) is 9.42. The van der Waals surface area contributed by atoms with Gasteiger partial charge in [0.2, 0.25) is 0 Å². The summed E-state index contributed by atoms with van der Waals surface area (Å²) >= 11 is 1.75. The van der Waals surface area contributed by atoms with Gasteiger partial charge in [0.15, 0.2) is 0 Å². The minimum absolute atomic E-state index is 0.0883. The van der Waals surface area contributed by atoms with Gasteiger partial charge in [0.1, 0.15) is 0 Å². The molecule has 1 saturated heterocycles. The second-order valence-electron chi connectivity index (χ2n) is 7.12. The highest BCUT2D eigenvalue weighted by Gasteiger charge is 2.26. The van der Waals surface area contributed by atoms with E-state index < -0.39 is 0 Å². The molecule has 1 amide bonds. The van der Waals surface area contributed by atoms with E-state index in [0.29, 0.717) is 13.1 Å². The third kappa shape index (κ3) is 5.58. The number of nitrogens with one attached hydrogen (secondary N) is 1. The summed E-state index contributed by atoms with van der Waals surface area (Å²) in [6.07, 6.45) is 2.26. The summed E-state index contributed by atoms with van der Waals surface area (Å²) in [5.41, 5.74) is 3.19. The van der Waals surface area contributed by atoms with Crippen molar-refractivity contribution in [3.63, 3.8) is 0 Å². The van der Waals surface area contributed by atoms with E-state index in [-0.39, 0.29) is 18.1 Å². The van der Waals surface area contributed by atoms with Crippen molar-refractivity contribution in [2.24, 2.45) is 0 Å².